The van der Waals surface area contributed by atoms with E-state index in [4.69, 9.17) is 0 Å². The molecule has 5 nitrogen and oxygen atoms in total. The Bertz CT molecular complexity index is 1120. The van der Waals surface area contributed by atoms with Crippen LogP contribution in [0.4, 0.5) is 17.6 Å². The molecule has 0 bridgehead atoms. The van der Waals surface area contributed by atoms with Crippen LogP contribution in [0.3, 0.4) is 0 Å². The summed E-state index contributed by atoms with van der Waals surface area (Å²) in [6, 6.07) is 7.24. The van der Waals surface area contributed by atoms with Gasteiger partial charge in [-0.05, 0) is 49.2 Å². The number of alkyl halides is 2. The van der Waals surface area contributed by atoms with Gasteiger partial charge in [-0.25, -0.2) is 22.5 Å². The van der Waals surface area contributed by atoms with E-state index in [9.17, 15) is 27.2 Å². The zero-order valence-electron chi connectivity index (χ0n) is 15.7. The maximum atomic E-state index is 13.9. The smallest absolute Gasteiger partial charge is 0.295 e. The topological polar surface area (TPSA) is 66.1 Å². The summed E-state index contributed by atoms with van der Waals surface area (Å²) < 4.78 is 52.8. The summed E-state index contributed by atoms with van der Waals surface area (Å²) in [5.74, 6) is -3.19. The van der Waals surface area contributed by atoms with Gasteiger partial charge in [0.05, 0.1) is 16.6 Å². The molecule has 0 spiro atoms. The van der Waals surface area contributed by atoms with Crippen molar-refractivity contribution in [2.75, 3.05) is 13.1 Å². The van der Waals surface area contributed by atoms with E-state index in [1.807, 2.05) is 0 Å². The van der Waals surface area contributed by atoms with E-state index in [2.05, 4.69) is 9.97 Å². The standard InChI is InChI=1S/C21H17F4N3O2/c22-13-2-3-15(23)14(10-13)18(29)11-5-7-28(8-6-11)21(30)12-1-4-16-17(9-12)27-20(26-16)19(24)25/h1-4,9-11,19H,5-8H2,(H,26,27). The van der Waals surface area contributed by atoms with Crippen LogP contribution >= 0.6 is 0 Å². The molecule has 1 aliphatic heterocycles. The van der Waals surface area contributed by atoms with Crippen molar-refractivity contribution in [2.45, 2.75) is 19.3 Å². The Morgan fingerprint density at radius 1 is 1.07 bits per heavy atom. The lowest BCUT2D eigenvalue weighted by Crippen LogP contribution is -2.40. The second-order valence-corrected chi connectivity index (χ2v) is 7.21. The largest absolute Gasteiger partial charge is 0.339 e. The van der Waals surface area contributed by atoms with Crippen LogP contribution in [0.5, 0.6) is 0 Å². The molecule has 0 radical (unpaired) electrons. The first-order chi connectivity index (χ1) is 14.3. The van der Waals surface area contributed by atoms with Gasteiger partial charge < -0.3 is 9.88 Å². The minimum Gasteiger partial charge on any atom is -0.339 e. The molecule has 3 aromatic rings. The molecule has 1 saturated heterocycles. The predicted octanol–water partition coefficient (Wildman–Crippen LogP) is 4.51. The summed E-state index contributed by atoms with van der Waals surface area (Å²) in [5.41, 5.74) is 0.707. The predicted molar refractivity (Wildman–Crippen MR) is 100 cm³/mol. The number of halogens is 4. The summed E-state index contributed by atoms with van der Waals surface area (Å²) in [7, 11) is 0. The third-order valence-corrected chi connectivity index (χ3v) is 5.30. The molecular formula is C21H17F4N3O2. The zero-order chi connectivity index (χ0) is 21.4. The van der Waals surface area contributed by atoms with E-state index in [-0.39, 0.29) is 24.6 Å². The Balaban J connectivity index is 1.44. The summed E-state index contributed by atoms with van der Waals surface area (Å²) >= 11 is 0. The number of Topliss-reactive ketones (excluding diaryl/α,β-unsaturated/α-hetero) is 1. The van der Waals surface area contributed by atoms with Crippen LogP contribution in [0.25, 0.3) is 11.0 Å². The lowest BCUT2D eigenvalue weighted by Gasteiger charge is -2.31. The third kappa shape index (κ3) is 3.79. The number of carbonyl (C=O) groups is 2. The number of nitrogens with one attached hydrogen (secondary N) is 1. The highest BCUT2D eigenvalue weighted by atomic mass is 19.3. The van der Waals surface area contributed by atoms with E-state index in [1.165, 1.54) is 18.2 Å². The highest BCUT2D eigenvalue weighted by Crippen LogP contribution is 2.26. The number of ketones is 1. The van der Waals surface area contributed by atoms with Gasteiger partial charge in [-0.1, -0.05) is 0 Å². The molecule has 1 amide bonds. The Kier molecular flexibility index (Phi) is 5.27. The Hall–Kier alpha value is -3.23. The van der Waals surface area contributed by atoms with Crippen LogP contribution in [-0.2, 0) is 0 Å². The van der Waals surface area contributed by atoms with Crippen molar-refractivity contribution in [1.82, 2.24) is 14.9 Å². The van der Waals surface area contributed by atoms with Gasteiger partial charge in [0.2, 0.25) is 0 Å². The summed E-state index contributed by atoms with van der Waals surface area (Å²) in [6.45, 7) is 0.547. The average Bonchev–Trinajstić information content (AvgIpc) is 3.18. The summed E-state index contributed by atoms with van der Waals surface area (Å²) in [4.78, 5) is 33.1. The molecule has 1 N–H and O–H groups in total. The number of amides is 1. The number of nitrogens with zero attached hydrogens (tertiary/aromatic N) is 2. The molecule has 1 aliphatic rings. The van der Waals surface area contributed by atoms with Crippen molar-refractivity contribution in [3.63, 3.8) is 0 Å². The Labute approximate surface area is 168 Å². The lowest BCUT2D eigenvalue weighted by molar-refractivity contribution is 0.0649. The van der Waals surface area contributed by atoms with Gasteiger partial charge in [-0.2, -0.15) is 0 Å². The molecule has 2 heterocycles. The molecule has 9 heteroatoms. The minimum absolute atomic E-state index is 0.273. The van der Waals surface area contributed by atoms with E-state index in [1.54, 1.807) is 4.90 Å². The van der Waals surface area contributed by atoms with Gasteiger partial charge in [0.15, 0.2) is 11.6 Å². The second-order valence-electron chi connectivity index (χ2n) is 7.21. The number of piperidine rings is 1. The van der Waals surface area contributed by atoms with E-state index in [0.717, 1.165) is 18.2 Å². The van der Waals surface area contributed by atoms with Crippen molar-refractivity contribution >= 4 is 22.7 Å². The van der Waals surface area contributed by atoms with Crippen LogP contribution in [0.1, 0.15) is 45.8 Å². The number of aromatic nitrogens is 2. The minimum atomic E-state index is -2.74. The van der Waals surface area contributed by atoms with E-state index >= 15 is 0 Å². The molecule has 4 rings (SSSR count). The van der Waals surface area contributed by atoms with E-state index < -0.39 is 35.6 Å². The molecular weight excluding hydrogens is 402 g/mol. The van der Waals surface area contributed by atoms with Crippen LogP contribution in [-0.4, -0.2) is 39.6 Å². The fourth-order valence-electron chi connectivity index (χ4n) is 3.70. The molecule has 1 aromatic heterocycles. The number of H-pyrrole nitrogens is 1. The molecule has 0 atom stereocenters. The molecule has 0 saturated carbocycles. The highest BCUT2D eigenvalue weighted by Gasteiger charge is 2.30. The normalized spacial score (nSPS) is 15.2. The number of likely N-dealkylation sites (tertiary alicyclic amines) is 1. The van der Waals surface area contributed by atoms with Crippen LogP contribution < -0.4 is 0 Å². The van der Waals surface area contributed by atoms with Gasteiger partial charge in [0.25, 0.3) is 12.3 Å². The monoisotopic (exact) mass is 419 g/mol. The molecule has 2 aromatic carbocycles. The van der Waals surface area contributed by atoms with Gasteiger partial charge in [0, 0.05) is 24.6 Å². The maximum Gasteiger partial charge on any atom is 0.295 e. The molecule has 0 aliphatic carbocycles. The van der Waals surface area contributed by atoms with Crippen LogP contribution in [0, 0.1) is 17.6 Å². The first kappa shape index (κ1) is 20.1. The number of hydrogen-bond donors (Lipinski definition) is 1. The van der Waals surface area contributed by atoms with Crippen molar-refractivity contribution in [1.29, 1.82) is 0 Å². The van der Waals surface area contributed by atoms with Gasteiger partial charge in [0.1, 0.15) is 11.6 Å². The number of fused-ring (bicyclic) bond motifs is 1. The quantitative estimate of drug-likeness (QED) is 0.500. The summed E-state index contributed by atoms with van der Waals surface area (Å²) in [6.07, 6.45) is -2.10. The summed E-state index contributed by atoms with van der Waals surface area (Å²) in [5, 5.41) is 0. The first-order valence-electron chi connectivity index (χ1n) is 9.40. The maximum absolute atomic E-state index is 13.9. The Morgan fingerprint density at radius 2 is 1.80 bits per heavy atom. The molecule has 0 unspecified atom stereocenters. The number of rotatable bonds is 4. The first-order valence-corrected chi connectivity index (χ1v) is 9.40. The molecule has 156 valence electrons. The fraction of sp³-hybridized carbons (Fsp3) is 0.286. The van der Waals surface area contributed by atoms with Crippen molar-refractivity contribution < 1.29 is 27.2 Å². The van der Waals surface area contributed by atoms with Crippen molar-refractivity contribution in [2.24, 2.45) is 5.92 Å². The number of aromatic amines is 1. The molecule has 30 heavy (non-hydrogen) atoms. The van der Waals surface area contributed by atoms with Crippen molar-refractivity contribution in [3.05, 3.63) is 65.0 Å². The lowest BCUT2D eigenvalue weighted by atomic mass is 9.88. The van der Waals surface area contributed by atoms with Gasteiger partial charge in [-0.15, -0.1) is 0 Å². The Morgan fingerprint density at radius 3 is 2.50 bits per heavy atom. The number of benzene rings is 2. The van der Waals surface area contributed by atoms with Crippen molar-refractivity contribution in [3.8, 4) is 0 Å². The van der Waals surface area contributed by atoms with Gasteiger partial charge >= 0.3 is 0 Å². The number of imidazole rings is 1. The third-order valence-electron chi connectivity index (χ3n) is 5.30. The molecule has 1 fully saturated rings. The second kappa shape index (κ2) is 7.89. The number of carbonyl (C=O) groups excluding carboxylic acids is 2. The average molecular weight is 419 g/mol. The van der Waals surface area contributed by atoms with Crippen LogP contribution in [0.2, 0.25) is 0 Å². The SMILES string of the molecule is O=C(c1cc(F)ccc1F)C1CCN(C(=O)c2ccc3nc(C(F)F)[nH]c3c2)CC1. The number of hydrogen-bond acceptors (Lipinski definition) is 3. The highest BCUT2D eigenvalue weighted by molar-refractivity contribution is 5.99. The van der Waals surface area contributed by atoms with Gasteiger partial charge in [-0.3, -0.25) is 9.59 Å². The zero-order valence-corrected chi connectivity index (χ0v) is 15.7. The fourth-order valence-corrected chi connectivity index (χ4v) is 3.70. The van der Waals surface area contributed by atoms with E-state index in [0.29, 0.717) is 29.4 Å². The van der Waals surface area contributed by atoms with Crippen LogP contribution in [0.15, 0.2) is 36.4 Å².